The third-order valence-corrected chi connectivity index (χ3v) is 5.51. The van der Waals surface area contributed by atoms with Crippen molar-refractivity contribution in [1.29, 1.82) is 0 Å². The zero-order valence-electron chi connectivity index (χ0n) is 12.3. The molecule has 2 aromatic rings. The van der Waals surface area contributed by atoms with E-state index in [1.807, 2.05) is 12.2 Å². The zero-order valence-corrected chi connectivity index (χ0v) is 13.9. The van der Waals surface area contributed by atoms with Gasteiger partial charge in [0.25, 0.3) is 0 Å². The lowest BCUT2D eigenvalue weighted by atomic mass is 9.73. The summed E-state index contributed by atoms with van der Waals surface area (Å²) in [6.45, 7) is 0. The Morgan fingerprint density at radius 1 is 1.00 bits per heavy atom. The Morgan fingerprint density at radius 2 is 1.54 bits per heavy atom. The molecular formula is C17H13BrF3NO2. The van der Waals surface area contributed by atoms with Crippen molar-refractivity contribution in [3.05, 3.63) is 51.5 Å². The van der Waals surface area contributed by atoms with E-state index in [9.17, 15) is 23.4 Å². The highest BCUT2D eigenvalue weighted by atomic mass is 79.9. The van der Waals surface area contributed by atoms with Gasteiger partial charge in [0.1, 0.15) is 0 Å². The monoisotopic (exact) mass is 399 g/mol. The van der Waals surface area contributed by atoms with Gasteiger partial charge in [-0.1, -0.05) is 28.1 Å². The summed E-state index contributed by atoms with van der Waals surface area (Å²) in [4.78, 5) is 0. The summed E-state index contributed by atoms with van der Waals surface area (Å²) in [5.74, 6) is -0.377. The molecule has 5 rings (SSSR count). The van der Waals surface area contributed by atoms with E-state index in [0.29, 0.717) is 11.1 Å². The summed E-state index contributed by atoms with van der Waals surface area (Å²) in [5, 5.41) is 21.1. The summed E-state index contributed by atoms with van der Waals surface area (Å²) in [6.07, 6.45) is 1.16. The van der Waals surface area contributed by atoms with Gasteiger partial charge in [-0.05, 0) is 31.0 Å². The molecule has 7 heteroatoms. The van der Waals surface area contributed by atoms with Crippen molar-refractivity contribution in [3.8, 4) is 17.4 Å². The number of fused-ring (bicyclic) bond motifs is 1. The molecule has 3 nitrogen and oxygen atoms in total. The molecule has 1 aromatic heterocycles. The standard InChI is InChI=1S/C17H13BrF3NO2/c18-12-6-5-10(7-11(12)17(19,20)21)22-15(23)13-8-1-2-9(4-3-8)14(13)16(22)24/h1-2,5-9,23-24H,3-4H2/t8-,9+. The van der Waals surface area contributed by atoms with Crippen LogP contribution in [0.4, 0.5) is 13.2 Å². The number of hydrogen-bond acceptors (Lipinski definition) is 2. The third-order valence-electron chi connectivity index (χ3n) is 4.82. The Balaban J connectivity index is 1.92. The lowest BCUT2D eigenvalue weighted by Crippen LogP contribution is -2.15. The van der Waals surface area contributed by atoms with Crippen molar-refractivity contribution in [2.45, 2.75) is 30.9 Å². The highest BCUT2D eigenvalue weighted by Gasteiger charge is 2.39. The molecule has 2 atom stereocenters. The van der Waals surface area contributed by atoms with Gasteiger partial charge in [0.05, 0.1) is 11.3 Å². The molecule has 1 aromatic carbocycles. The predicted molar refractivity (Wildman–Crippen MR) is 85.7 cm³/mol. The van der Waals surface area contributed by atoms with Gasteiger partial charge in [-0.25, -0.2) is 0 Å². The summed E-state index contributed by atoms with van der Waals surface area (Å²) in [7, 11) is 0. The maximum atomic E-state index is 13.1. The number of allylic oxidation sites excluding steroid dienone is 2. The number of aromatic nitrogens is 1. The molecule has 0 unspecified atom stereocenters. The van der Waals surface area contributed by atoms with E-state index in [0.717, 1.165) is 23.5 Å². The molecule has 0 aliphatic heterocycles. The molecule has 2 bridgehead atoms. The predicted octanol–water partition coefficient (Wildman–Crippen LogP) is 5.20. The number of alkyl halides is 3. The number of nitrogens with zero attached hydrogens (tertiary/aromatic N) is 1. The third kappa shape index (κ3) is 2.10. The van der Waals surface area contributed by atoms with Crippen LogP contribution in [0.1, 0.15) is 41.4 Å². The van der Waals surface area contributed by atoms with Gasteiger partial charge >= 0.3 is 6.18 Å². The normalized spacial score (nSPS) is 22.0. The van der Waals surface area contributed by atoms with Crippen molar-refractivity contribution in [2.75, 3.05) is 0 Å². The smallest absolute Gasteiger partial charge is 0.417 e. The second-order valence-electron chi connectivity index (χ2n) is 6.15. The van der Waals surface area contributed by atoms with Gasteiger partial charge < -0.3 is 10.2 Å². The first-order chi connectivity index (χ1) is 11.3. The van der Waals surface area contributed by atoms with Gasteiger partial charge in [-0.15, -0.1) is 0 Å². The first-order valence-corrected chi connectivity index (χ1v) is 8.30. The van der Waals surface area contributed by atoms with Crippen LogP contribution in [0.5, 0.6) is 11.8 Å². The summed E-state index contributed by atoms with van der Waals surface area (Å²) < 4.78 is 40.4. The van der Waals surface area contributed by atoms with Crippen LogP contribution in [-0.4, -0.2) is 14.8 Å². The van der Waals surface area contributed by atoms with Crippen LogP contribution >= 0.6 is 15.9 Å². The number of hydrogen-bond donors (Lipinski definition) is 2. The first kappa shape index (κ1) is 15.6. The fourth-order valence-electron chi connectivity index (χ4n) is 3.73. The first-order valence-electron chi connectivity index (χ1n) is 7.51. The van der Waals surface area contributed by atoms with E-state index in [4.69, 9.17) is 0 Å². The number of halogens is 4. The van der Waals surface area contributed by atoms with Crippen LogP contribution in [0, 0.1) is 0 Å². The molecular weight excluding hydrogens is 387 g/mol. The molecule has 2 N–H and O–H groups in total. The van der Waals surface area contributed by atoms with Crippen LogP contribution in [0.2, 0.25) is 0 Å². The number of benzene rings is 1. The molecule has 1 heterocycles. The highest BCUT2D eigenvalue weighted by molar-refractivity contribution is 9.10. The minimum absolute atomic E-state index is 0.00492. The topological polar surface area (TPSA) is 45.4 Å². The van der Waals surface area contributed by atoms with E-state index in [1.54, 1.807) is 0 Å². The fraction of sp³-hybridized carbons (Fsp3) is 0.294. The minimum atomic E-state index is -4.53. The van der Waals surface area contributed by atoms with E-state index >= 15 is 0 Å². The van der Waals surface area contributed by atoms with Crippen molar-refractivity contribution in [2.24, 2.45) is 0 Å². The van der Waals surface area contributed by atoms with Crippen molar-refractivity contribution < 1.29 is 23.4 Å². The molecule has 3 aliphatic carbocycles. The Labute approximate surface area is 144 Å². The maximum Gasteiger partial charge on any atom is 0.417 e. The van der Waals surface area contributed by atoms with Crippen LogP contribution < -0.4 is 0 Å². The number of aromatic hydroxyl groups is 2. The average molecular weight is 400 g/mol. The highest BCUT2D eigenvalue weighted by Crippen LogP contribution is 2.54. The number of rotatable bonds is 1. The average Bonchev–Trinajstić information content (AvgIpc) is 2.82. The molecule has 0 saturated heterocycles. The lowest BCUT2D eigenvalue weighted by molar-refractivity contribution is -0.138. The fourth-order valence-corrected chi connectivity index (χ4v) is 4.20. The molecule has 126 valence electrons. The van der Waals surface area contributed by atoms with Crippen LogP contribution in [0.15, 0.2) is 34.8 Å². The van der Waals surface area contributed by atoms with Crippen LogP contribution in [0.25, 0.3) is 5.69 Å². The Hall–Kier alpha value is -1.89. The quantitative estimate of drug-likeness (QED) is 0.647. The van der Waals surface area contributed by atoms with E-state index in [-0.39, 0.29) is 33.8 Å². The molecule has 0 amide bonds. The maximum absolute atomic E-state index is 13.1. The SMILES string of the molecule is Oc1c2c(c(O)n1-c1ccc(Br)c(C(F)(F)F)c1)[C@H]1C=C[C@@H]2CC1. The summed E-state index contributed by atoms with van der Waals surface area (Å²) in [6, 6.07) is 3.62. The van der Waals surface area contributed by atoms with Crippen LogP contribution in [0.3, 0.4) is 0 Å². The van der Waals surface area contributed by atoms with E-state index in [2.05, 4.69) is 15.9 Å². The van der Waals surface area contributed by atoms with Crippen molar-refractivity contribution in [3.63, 3.8) is 0 Å². The Kier molecular flexibility index (Phi) is 3.29. The van der Waals surface area contributed by atoms with Gasteiger partial charge in [0.2, 0.25) is 11.8 Å². The molecule has 24 heavy (non-hydrogen) atoms. The minimum Gasteiger partial charge on any atom is -0.494 e. The summed E-state index contributed by atoms with van der Waals surface area (Å²) >= 11 is 2.90. The Bertz CT molecular complexity index is 832. The zero-order chi connectivity index (χ0) is 17.2. The van der Waals surface area contributed by atoms with Gasteiger partial charge in [0, 0.05) is 27.4 Å². The van der Waals surface area contributed by atoms with Crippen molar-refractivity contribution in [1.82, 2.24) is 4.57 Å². The summed E-state index contributed by atoms with van der Waals surface area (Å²) in [5.41, 5.74) is 0.478. The second-order valence-corrected chi connectivity index (χ2v) is 7.00. The molecule has 0 spiro atoms. The van der Waals surface area contributed by atoms with Crippen LogP contribution in [-0.2, 0) is 6.18 Å². The van der Waals surface area contributed by atoms with Gasteiger partial charge in [-0.2, -0.15) is 13.2 Å². The second kappa shape index (κ2) is 5.05. The molecule has 0 radical (unpaired) electrons. The van der Waals surface area contributed by atoms with E-state index < -0.39 is 11.7 Å². The van der Waals surface area contributed by atoms with Gasteiger partial charge in [-0.3, -0.25) is 4.57 Å². The van der Waals surface area contributed by atoms with Gasteiger partial charge in [0.15, 0.2) is 0 Å². The molecule has 0 fully saturated rings. The largest absolute Gasteiger partial charge is 0.494 e. The Morgan fingerprint density at radius 3 is 2.00 bits per heavy atom. The molecule has 3 aliphatic rings. The van der Waals surface area contributed by atoms with E-state index in [1.165, 1.54) is 12.1 Å². The molecule has 0 saturated carbocycles. The lowest BCUT2D eigenvalue weighted by Gasteiger charge is -2.30. The van der Waals surface area contributed by atoms with Crippen molar-refractivity contribution >= 4 is 15.9 Å².